The van der Waals surface area contributed by atoms with Crippen molar-refractivity contribution in [2.75, 3.05) is 6.61 Å². The van der Waals surface area contributed by atoms with Crippen molar-refractivity contribution in [3.63, 3.8) is 0 Å². The fourth-order valence-electron chi connectivity index (χ4n) is 1.96. The molecule has 0 spiro atoms. The summed E-state index contributed by atoms with van der Waals surface area (Å²) in [5.74, 6) is -0.170. The molecule has 0 unspecified atom stereocenters. The van der Waals surface area contributed by atoms with Gasteiger partial charge in [-0.1, -0.05) is 32.1 Å². The maximum Gasteiger partial charge on any atom is 0.302 e. The molecule has 0 aliphatic heterocycles. The van der Waals surface area contributed by atoms with Gasteiger partial charge in [0.2, 0.25) is 0 Å². The van der Waals surface area contributed by atoms with E-state index in [9.17, 15) is 4.79 Å². The molecule has 21 heavy (non-hydrogen) atoms. The Bertz CT molecular complexity index is 372. The van der Waals surface area contributed by atoms with Crippen LogP contribution in [0.4, 0.5) is 0 Å². The van der Waals surface area contributed by atoms with Crippen molar-refractivity contribution in [3.05, 3.63) is 20.8 Å². The van der Waals surface area contributed by atoms with E-state index in [1.165, 1.54) is 48.4 Å². The summed E-state index contributed by atoms with van der Waals surface area (Å²) in [6, 6.07) is 2.09. The topological polar surface area (TPSA) is 26.3 Å². The number of halogens is 2. The van der Waals surface area contributed by atoms with Gasteiger partial charge in [-0.05, 0) is 46.8 Å². The van der Waals surface area contributed by atoms with Crippen molar-refractivity contribution < 1.29 is 46.0 Å². The largest absolute Gasteiger partial charge is 1.00 e. The maximum atomic E-state index is 10.5. The van der Waals surface area contributed by atoms with Crippen molar-refractivity contribution in [3.8, 4) is 0 Å². The Hall–Kier alpha value is 0.753. The molecule has 0 saturated heterocycles. The average Bonchev–Trinajstić information content (AvgIpc) is 2.77. The van der Waals surface area contributed by atoms with E-state index in [2.05, 4.69) is 27.4 Å². The Labute approximate surface area is 164 Å². The van der Waals surface area contributed by atoms with Gasteiger partial charge < -0.3 is 21.7 Å². The average molecular weight is 492 g/mol. The van der Waals surface area contributed by atoms with E-state index in [4.69, 9.17) is 4.74 Å². The molecule has 6 heteroatoms. The smallest absolute Gasteiger partial charge is 0.302 e. The Balaban J connectivity index is 0. The van der Waals surface area contributed by atoms with E-state index in [1.54, 1.807) is 11.3 Å². The van der Waals surface area contributed by atoms with Crippen LogP contribution in [0, 0.1) is 5.38 Å². The van der Waals surface area contributed by atoms with Crippen LogP contribution >= 0.6 is 27.3 Å². The van der Waals surface area contributed by atoms with Crippen molar-refractivity contribution >= 4 is 33.2 Å². The van der Waals surface area contributed by atoms with Crippen LogP contribution in [0.1, 0.15) is 57.4 Å². The number of carbonyl (C=O) groups is 1. The first kappa shape index (κ1) is 24.0. The minimum Gasteiger partial charge on any atom is -1.00 e. The second-order valence-corrected chi connectivity index (χ2v) is 6.89. The summed E-state index contributed by atoms with van der Waals surface area (Å²) in [5.41, 5.74) is 1.39. The summed E-state index contributed by atoms with van der Waals surface area (Å²) < 4.78 is 6.13. The van der Waals surface area contributed by atoms with E-state index < -0.39 is 0 Å². The summed E-state index contributed by atoms with van der Waals surface area (Å²) in [7, 11) is 0. The molecule has 0 aromatic carbocycles. The van der Waals surface area contributed by atoms with Crippen LogP contribution in [-0.2, 0) is 35.4 Å². The van der Waals surface area contributed by atoms with Gasteiger partial charge in [-0.25, -0.2) is 0 Å². The molecule has 1 heterocycles. The third-order valence-electron chi connectivity index (χ3n) is 3.03. The molecule has 0 N–H and O–H groups in total. The SMILES string of the molecule is CC(=O)OCCCCCCCCCc1c[c]sc1Br.[Br-].[Zn]. The molecule has 0 amide bonds. The number of ether oxygens (including phenoxy) is 1. The number of esters is 1. The molecule has 1 aromatic heterocycles. The zero-order valence-corrected chi connectivity index (χ0v) is 19.6. The predicted molar refractivity (Wildman–Crippen MR) is 83.5 cm³/mol. The van der Waals surface area contributed by atoms with E-state index in [0.717, 1.165) is 19.3 Å². The molecule has 0 saturated carbocycles. The van der Waals surface area contributed by atoms with Crippen LogP contribution in [0.15, 0.2) is 9.85 Å². The monoisotopic (exact) mass is 488 g/mol. The number of thiophene rings is 1. The van der Waals surface area contributed by atoms with E-state index in [-0.39, 0.29) is 42.4 Å². The molecule has 0 aliphatic rings. The van der Waals surface area contributed by atoms with Gasteiger partial charge in [-0.2, -0.15) is 0 Å². The molecular weight excluding hydrogens is 469 g/mol. The fourth-order valence-corrected chi connectivity index (χ4v) is 3.15. The Morgan fingerprint density at radius 1 is 1.19 bits per heavy atom. The van der Waals surface area contributed by atoms with E-state index in [0.29, 0.717) is 6.61 Å². The minimum absolute atomic E-state index is 0. The van der Waals surface area contributed by atoms with Crippen molar-refractivity contribution in [2.24, 2.45) is 0 Å². The summed E-state index contributed by atoms with van der Waals surface area (Å²) in [5, 5.41) is 3.15. The number of carbonyl (C=O) groups excluding carboxylic acids is 1. The Kier molecular flexibility index (Phi) is 17.9. The van der Waals surface area contributed by atoms with Crippen LogP contribution in [-0.4, -0.2) is 12.6 Å². The Morgan fingerprint density at radius 3 is 2.29 bits per heavy atom. The van der Waals surface area contributed by atoms with Crippen molar-refractivity contribution in [2.45, 2.75) is 58.3 Å². The van der Waals surface area contributed by atoms with Gasteiger partial charge in [0, 0.05) is 31.8 Å². The van der Waals surface area contributed by atoms with Gasteiger partial charge in [0.25, 0.3) is 0 Å². The predicted octanol–water partition coefficient (Wildman–Crippen LogP) is 2.15. The maximum absolute atomic E-state index is 10.5. The van der Waals surface area contributed by atoms with Gasteiger partial charge in [0.15, 0.2) is 0 Å². The fraction of sp³-hybridized carbons (Fsp3) is 0.667. The number of aryl methyl sites for hydroxylation is 1. The van der Waals surface area contributed by atoms with Crippen LogP contribution in [0.25, 0.3) is 0 Å². The molecule has 1 rings (SSSR count). The van der Waals surface area contributed by atoms with Gasteiger partial charge in [-0.15, -0.1) is 11.3 Å². The molecule has 0 atom stereocenters. The quantitative estimate of drug-likeness (QED) is 0.285. The van der Waals surface area contributed by atoms with Crippen LogP contribution in [0.2, 0.25) is 0 Å². The van der Waals surface area contributed by atoms with Gasteiger partial charge in [-0.3, -0.25) is 4.79 Å². The van der Waals surface area contributed by atoms with Crippen LogP contribution in [0.5, 0.6) is 0 Å². The third-order valence-corrected chi connectivity index (χ3v) is 4.70. The van der Waals surface area contributed by atoms with Gasteiger partial charge in [0.05, 0.1) is 10.4 Å². The molecular formula is C15H22Br2O2SZn-. The van der Waals surface area contributed by atoms with Crippen molar-refractivity contribution in [1.29, 1.82) is 0 Å². The zero-order chi connectivity index (χ0) is 13.9. The molecule has 0 bridgehead atoms. The molecule has 1 aromatic rings. The summed E-state index contributed by atoms with van der Waals surface area (Å²) in [6.45, 7) is 2.04. The summed E-state index contributed by atoms with van der Waals surface area (Å²) >= 11 is 5.19. The Morgan fingerprint density at radius 2 is 1.76 bits per heavy atom. The second-order valence-electron chi connectivity index (χ2n) is 4.73. The van der Waals surface area contributed by atoms with Gasteiger partial charge >= 0.3 is 5.97 Å². The minimum atomic E-state index is -0.170. The number of hydrogen-bond acceptors (Lipinski definition) is 3. The van der Waals surface area contributed by atoms with Crippen LogP contribution in [0.3, 0.4) is 0 Å². The standard InChI is InChI=1S/C15H22BrO2S.BrH.Zn/c1-13(17)18-11-8-6-4-2-3-5-7-9-14-10-12-19-15(14)16;;/h10H,2-9,11H2,1H3;1H;/p-1. The normalized spacial score (nSPS) is 9.62. The first-order valence-corrected chi connectivity index (χ1v) is 8.58. The molecule has 0 fully saturated rings. The number of unbranched alkanes of at least 4 members (excludes halogenated alkanes) is 6. The number of hydrogen-bond donors (Lipinski definition) is 0. The molecule has 1 radical (unpaired) electrons. The second kappa shape index (κ2) is 15.6. The van der Waals surface area contributed by atoms with Crippen LogP contribution < -0.4 is 17.0 Å². The number of rotatable bonds is 10. The third kappa shape index (κ3) is 12.9. The first-order chi connectivity index (χ1) is 9.20. The van der Waals surface area contributed by atoms with E-state index in [1.807, 2.05) is 0 Å². The molecule has 0 aliphatic carbocycles. The summed E-state index contributed by atoms with van der Waals surface area (Å²) in [4.78, 5) is 10.5. The van der Waals surface area contributed by atoms with E-state index >= 15 is 0 Å². The molecule has 2 nitrogen and oxygen atoms in total. The first-order valence-electron chi connectivity index (χ1n) is 6.98. The zero-order valence-electron chi connectivity index (χ0n) is 12.6. The van der Waals surface area contributed by atoms with Crippen molar-refractivity contribution in [1.82, 2.24) is 0 Å². The summed E-state index contributed by atoms with van der Waals surface area (Å²) in [6.07, 6.45) is 9.72. The molecule has 117 valence electrons. The van der Waals surface area contributed by atoms with Gasteiger partial charge in [0.1, 0.15) is 0 Å².